The van der Waals surface area contributed by atoms with Gasteiger partial charge in [0.05, 0.1) is 13.2 Å². The molecule has 0 aliphatic rings. The summed E-state index contributed by atoms with van der Waals surface area (Å²) in [7, 11) is 1.59. The van der Waals surface area contributed by atoms with Crippen LogP contribution in [0.3, 0.4) is 0 Å². The molecule has 0 unspecified atom stereocenters. The molecule has 0 radical (unpaired) electrons. The second kappa shape index (κ2) is 9.91. The summed E-state index contributed by atoms with van der Waals surface area (Å²) in [6.07, 6.45) is 6.31. The predicted octanol–water partition coefficient (Wildman–Crippen LogP) is 4.33. The molecule has 1 aromatic carbocycles. The van der Waals surface area contributed by atoms with Gasteiger partial charge in [-0.2, -0.15) is 0 Å². The van der Waals surface area contributed by atoms with Crippen LogP contribution in [0.4, 0.5) is 5.13 Å². The standard InChI is InChI=1S/C19H25N3O3S/c1-5-6-7-18-21-22-19(26-18)20-17(23)11-9-14-8-10-15(25-13(2)3)16(12-14)24-4/h8-13H,5-7H2,1-4H3,(H,20,22,23)/b11-9+. The van der Waals surface area contributed by atoms with Crippen molar-refractivity contribution in [1.82, 2.24) is 10.2 Å². The molecule has 0 spiro atoms. The first-order valence-electron chi connectivity index (χ1n) is 8.68. The van der Waals surface area contributed by atoms with E-state index in [0.717, 1.165) is 29.8 Å². The quantitative estimate of drug-likeness (QED) is 0.661. The smallest absolute Gasteiger partial charge is 0.250 e. The number of benzene rings is 1. The summed E-state index contributed by atoms with van der Waals surface area (Å²) in [5.74, 6) is 1.06. The highest BCUT2D eigenvalue weighted by Crippen LogP contribution is 2.29. The van der Waals surface area contributed by atoms with E-state index in [9.17, 15) is 4.79 Å². The Hall–Kier alpha value is -2.41. The number of carbonyl (C=O) groups is 1. The zero-order chi connectivity index (χ0) is 18.9. The molecule has 0 saturated carbocycles. The number of amides is 1. The molecule has 140 valence electrons. The molecule has 26 heavy (non-hydrogen) atoms. The minimum atomic E-state index is -0.246. The Morgan fingerprint density at radius 1 is 1.31 bits per heavy atom. The van der Waals surface area contributed by atoms with E-state index >= 15 is 0 Å². The van der Waals surface area contributed by atoms with E-state index in [1.165, 1.54) is 17.4 Å². The van der Waals surface area contributed by atoms with E-state index in [1.54, 1.807) is 13.2 Å². The normalized spacial score (nSPS) is 11.1. The van der Waals surface area contributed by atoms with Crippen molar-refractivity contribution in [3.63, 3.8) is 0 Å². The van der Waals surface area contributed by atoms with Crippen LogP contribution in [0, 0.1) is 0 Å². The van der Waals surface area contributed by atoms with Gasteiger partial charge in [-0.15, -0.1) is 10.2 Å². The Morgan fingerprint density at radius 3 is 2.81 bits per heavy atom. The van der Waals surface area contributed by atoms with Gasteiger partial charge >= 0.3 is 0 Å². The van der Waals surface area contributed by atoms with Gasteiger partial charge in [0, 0.05) is 12.5 Å². The average Bonchev–Trinajstić information content (AvgIpc) is 3.05. The maximum absolute atomic E-state index is 12.1. The van der Waals surface area contributed by atoms with E-state index in [0.29, 0.717) is 16.6 Å². The second-order valence-corrected chi connectivity index (χ2v) is 7.07. The third kappa shape index (κ3) is 6.15. The van der Waals surface area contributed by atoms with Crippen molar-refractivity contribution in [1.29, 1.82) is 0 Å². The molecule has 0 aliphatic carbocycles. The highest BCUT2D eigenvalue weighted by atomic mass is 32.1. The first kappa shape index (κ1) is 19.9. The second-order valence-electron chi connectivity index (χ2n) is 6.00. The minimum Gasteiger partial charge on any atom is -0.493 e. The fraction of sp³-hybridized carbons (Fsp3) is 0.421. The van der Waals surface area contributed by atoms with Crippen LogP contribution in [-0.2, 0) is 11.2 Å². The summed E-state index contributed by atoms with van der Waals surface area (Å²) < 4.78 is 11.0. The molecule has 0 fully saturated rings. The van der Waals surface area contributed by atoms with Crippen molar-refractivity contribution in [2.45, 2.75) is 46.1 Å². The third-order valence-corrected chi connectivity index (χ3v) is 4.32. The summed E-state index contributed by atoms with van der Waals surface area (Å²) in [6.45, 7) is 6.04. The number of unbranched alkanes of at least 4 members (excludes halogenated alkanes) is 1. The number of nitrogens with zero attached hydrogens (tertiary/aromatic N) is 2. The lowest BCUT2D eigenvalue weighted by Crippen LogP contribution is -2.07. The summed E-state index contributed by atoms with van der Waals surface area (Å²) in [4.78, 5) is 12.1. The largest absolute Gasteiger partial charge is 0.493 e. The zero-order valence-corrected chi connectivity index (χ0v) is 16.4. The van der Waals surface area contributed by atoms with E-state index in [-0.39, 0.29) is 12.0 Å². The van der Waals surface area contributed by atoms with Crippen LogP contribution in [0.15, 0.2) is 24.3 Å². The lowest BCUT2D eigenvalue weighted by atomic mass is 10.2. The maximum Gasteiger partial charge on any atom is 0.250 e. The van der Waals surface area contributed by atoms with Crippen molar-refractivity contribution in [2.24, 2.45) is 0 Å². The van der Waals surface area contributed by atoms with Gasteiger partial charge in [-0.3, -0.25) is 10.1 Å². The fourth-order valence-electron chi connectivity index (χ4n) is 2.19. The van der Waals surface area contributed by atoms with Crippen LogP contribution >= 0.6 is 11.3 Å². The van der Waals surface area contributed by atoms with Crippen molar-refractivity contribution in [3.05, 3.63) is 34.8 Å². The fourth-order valence-corrected chi connectivity index (χ4v) is 2.98. The zero-order valence-electron chi connectivity index (χ0n) is 15.6. The Labute approximate surface area is 158 Å². The number of aromatic nitrogens is 2. The van der Waals surface area contributed by atoms with Crippen LogP contribution in [0.2, 0.25) is 0 Å². The van der Waals surface area contributed by atoms with Gasteiger partial charge < -0.3 is 9.47 Å². The number of hydrogen-bond acceptors (Lipinski definition) is 6. The van der Waals surface area contributed by atoms with Crippen molar-refractivity contribution in [3.8, 4) is 11.5 Å². The van der Waals surface area contributed by atoms with Gasteiger partial charge in [-0.25, -0.2) is 0 Å². The molecule has 0 atom stereocenters. The van der Waals surface area contributed by atoms with E-state index in [1.807, 2.05) is 32.0 Å². The predicted molar refractivity (Wildman–Crippen MR) is 105 cm³/mol. The summed E-state index contributed by atoms with van der Waals surface area (Å²) in [5, 5.41) is 12.3. The Kier molecular flexibility index (Phi) is 7.59. The molecule has 1 heterocycles. The molecule has 1 amide bonds. The van der Waals surface area contributed by atoms with Crippen LogP contribution in [0.1, 0.15) is 44.2 Å². The third-order valence-electron chi connectivity index (χ3n) is 3.42. The highest BCUT2D eigenvalue weighted by molar-refractivity contribution is 7.15. The number of carbonyl (C=O) groups excluding carboxylic acids is 1. The van der Waals surface area contributed by atoms with Gasteiger partial charge in [0.15, 0.2) is 11.5 Å². The lowest BCUT2D eigenvalue weighted by molar-refractivity contribution is -0.111. The number of hydrogen-bond donors (Lipinski definition) is 1. The summed E-state index contributed by atoms with van der Waals surface area (Å²) in [6, 6.07) is 5.54. The molecule has 0 saturated heterocycles. The van der Waals surface area contributed by atoms with E-state index in [4.69, 9.17) is 9.47 Å². The van der Waals surface area contributed by atoms with Crippen molar-refractivity contribution in [2.75, 3.05) is 12.4 Å². The topological polar surface area (TPSA) is 73.3 Å². The van der Waals surface area contributed by atoms with Gasteiger partial charge in [0.1, 0.15) is 5.01 Å². The summed E-state index contributed by atoms with van der Waals surface area (Å²) >= 11 is 1.41. The Morgan fingerprint density at radius 2 is 2.12 bits per heavy atom. The molecular weight excluding hydrogens is 350 g/mol. The molecule has 0 bridgehead atoms. The highest BCUT2D eigenvalue weighted by Gasteiger charge is 2.08. The molecule has 7 heteroatoms. The first-order valence-corrected chi connectivity index (χ1v) is 9.49. The molecule has 2 aromatic rings. The van der Waals surface area contributed by atoms with Gasteiger partial charge in [-0.05, 0) is 44.0 Å². The molecule has 0 aliphatic heterocycles. The van der Waals surface area contributed by atoms with Crippen LogP contribution in [-0.4, -0.2) is 29.3 Å². The molecular formula is C19H25N3O3S. The van der Waals surface area contributed by atoms with Crippen LogP contribution in [0.5, 0.6) is 11.5 Å². The lowest BCUT2D eigenvalue weighted by Gasteiger charge is -2.13. The monoisotopic (exact) mass is 375 g/mol. The molecule has 2 rings (SSSR count). The van der Waals surface area contributed by atoms with Gasteiger partial charge in [0.25, 0.3) is 0 Å². The number of rotatable bonds is 9. The number of ether oxygens (including phenoxy) is 2. The summed E-state index contributed by atoms with van der Waals surface area (Å²) in [5.41, 5.74) is 0.842. The molecule has 1 N–H and O–H groups in total. The number of nitrogens with one attached hydrogen (secondary N) is 1. The van der Waals surface area contributed by atoms with Crippen LogP contribution < -0.4 is 14.8 Å². The maximum atomic E-state index is 12.1. The number of anilines is 1. The molecule has 1 aromatic heterocycles. The molecule has 6 nitrogen and oxygen atoms in total. The first-order chi connectivity index (χ1) is 12.5. The van der Waals surface area contributed by atoms with E-state index < -0.39 is 0 Å². The van der Waals surface area contributed by atoms with Gasteiger partial charge in [0.2, 0.25) is 11.0 Å². The van der Waals surface area contributed by atoms with Crippen molar-refractivity contribution >= 4 is 28.5 Å². The van der Waals surface area contributed by atoms with Crippen molar-refractivity contribution < 1.29 is 14.3 Å². The SMILES string of the molecule is CCCCc1nnc(NC(=O)/C=C/c2ccc(OC(C)C)c(OC)c2)s1. The minimum absolute atomic E-state index is 0.0604. The Balaban J connectivity index is 1.97. The van der Waals surface area contributed by atoms with Crippen LogP contribution in [0.25, 0.3) is 6.08 Å². The number of aryl methyl sites for hydroxylation is 1. The average molecular weight is 375 g/mol. The van der Waals surface area contributed by atoms with E-state index in [2.05, 4.69) is 22.4 Å². The Bertz CT molecular complexity index is 756. The number of methoxy groups -OCH3 is 1. The van der Waals surface area contributed by atoms with Gasteiger partial charge in [-0.1, -0.05) is 30.7 Å².